The number of benzene rings is 1. The van der Waals surface area contributed by atoms with Gasteiger partial charge in [0.2, 0.25) is 0 Å². The number of nitrogens with one attached hydrogen (secondary N) is 1. The van der Waals surface area contributed by atoms with Gasteiger partial charge in [0.1, 0.15) is 11.5 Å². The van der Waals surface area contributed by atoms with Crippen LogP contribution in [0, 0.1) is 6.92 Å². The lowest BCUT2D eigenvalue weighted by atomic mass is 10.00. The minimum atomic E-state index is -0.630. The van der Waals surface area contributed by atoms with E-state index in [1.165, 1.54) is 0 Å². The molecule has 0 saturated carbocycles. The van der Waals surface area contributed by atoms with Gasteiger partial charge in [0, 0.05) is 11.6 Å². The van der Waals surface area contributed by atoms with Crippen LogP contribution in [0.2, 0.25) is 0 Å². The molecule has 0 aliphatic rings. The molecule has 0 aliphatic heterocycles. The molecule has 4 nitrogen and oxygen atoms in total. The van der Waals surface area contributed by atoms with E-state index >= 15 is 0 Å². The summed E-state index contributed by atoms with van der Waals surface area (Å²) in [5.41, 5.74) is 1.73. The highest BCUT2D eigenvalue weighted by Gasteiger charge is 2.21. The summed E-state index contributed by atoms with van der Waals surface area (Å²) in [4.78, 5) is 0. The Kier molecular flexibility index (Phi) is 5.44. The first-order valence-corrected chi connectivity index (χ1v) is 6.19. The lowest BCUT2D eigenvalue weighted by Gasteiger charge is -2.23. The highest BCUT2D eigenvalue weighted by atomic mass is 16.5. The summed E-state index contributed by atoms with van der Waals surface area (Å²) >= 11 is 0. The van der Waals surface area contributed by atoms with Gasteiger partial charge < -0.3 is 19.9 Å². The number of ether oxygens (including phenoxy) is 2. The Morgan fingerprint density at radius 1 is 1.22 bits per heavy atom. The Hall–Kier alpha value is -1.26. The first-order valence-electron chi connectivity index (χ1n) is 6.19. The summed E-state index contributed by atoms with van der Waals surface area (Å²) in [5, 5.41) is 13.5. The summed E-state index contributed by atoms with van der Waals surface area (Å²) < 4.78 is 10.6. The Bertz CT molecular complexity index is 393. The van der Waals surface area contributed by atoms with Crippen molar-refractivity contribution in [1.29, 1.82) is 0 Å². The van der Waals surface area contributed by atoms with Gasteiger partial charge in [-0.15, -0.1) is 0 Å². The summed E-state index contributed by atoms with van der Waals surface area (Å²) in [6.45, 7) is 6.71. The third-order valence-electron chi connectivity index (χ3n) is 3.07. The average Bonchev–Trinajstić information content (AvgIpc) is 2.37. The van der Waals surface area contributed by atoms with Gasteiger partial charge >= 0.3 is 0 Å². The van der Waals surface area contributed by atoms with Crippen molar-refractivity contribution in [2.45, 2.75) is 32.9 Å². The Labute approximate surface area is 109 Å². The number of hydrogen-bond donors (Lipinski definition) is 2. The molecule has 4 heteroatoms. The lowest BCUT2D eigenvalue weighted by Crippen LogP contribution is -2.32. The second-order valence-corrected chi connectivity index (χ2v) is 4.35. The lowest BCUT2D eigenvalue weighted by molar-refractivity contribution is 0.133. The standard InChI is InChI=1S/C14H23NO3/c1-6-15-10(3)14(16)11-8-12(17-4)9(2)7-13(11)18-5/h7-8,10,14-16H,6H2,1-5H3. The van der Waals surface area contributed by atoms with Crippen LogP contribution in [0.4, 0.5) is 0 Å². The van der Waals surface area contributed by atoms with Crippen molar-refractivity contribution in [3.63, 3.8) is 0 Å². The van der Waals surface area contributed by atoms with Gasteiger partial charge in [-0.25, -0.2) is 0 Å². The molecule has 18 heavy (non-hydrogen) atoms. The monoisotopic (exact) mass is 253 g/mol. The second kappa shape index (κ2) is 6.61. The van der Waals surface area contributed by atoms with E-state index in [2.05, 4.69) is 5.32 Å². The third-order valence-corrected chi connectivity index (χ3v) is 3.07. The molecule has 1 aromatic rings. The van der Waals surface area contributed by atoms with Crippen LogP contribution in [0.1, 0.15) is 31.1 Å². The van der Waals surface area contributed by atoms with Crippen molar-refractivity contribution in [2.24, 2.45) is 0 Å². The van der Waals surface area contributed by atoms with Crippen molar-refractivity contribution in [3.05, 3.63) is 23.3 Å². The highest BCUT2D eigenvalue weighted by molar-refractivity contribution is 5.47. The highest BCUT2D eigenvalue weighted by Crippen LogP contribution is 2.33. The number of aliphatic hydroxyl groups is 1. The third kappa shape index (κ3) is 3.15. The SMILES string of the molecule is CCNC(C)C(O)c1cc(OC)c(C)cc1OC. The molecular weight excluding hydrogens is 230 g/mol. The number of rotatable bonds is 6. The minimum Gasteiger partial charge on any atom is -0.496 e. The largest absolute Gasteiger partial charge is 0.496 e. The fourth-order valence-corrected chi connectivity index (χ4v) is 2.01. The van der Waals surface area contributed by atoms with Crippen LogP contribution in [0.15, 0.2) is 12.1 Å². The van der Waals surface area contributed by atoms with E-state index in [0.29, 0.717) is 5.75 Å². The maximum Gasteiger partial charge on any atom is 0.125 e. The molecule has 0 amide bonds. The molecule has 0 bridgehead atoms. The average molecular weight is 253 g/mol. The van der Waals surface area contributed by atoms with E-state index in [1.807, 2.05) is 32.9 Å². The molecule has 2 atom stereocenters. The van der Waals surface area contributed by atoms with Crippen molar-refractivity contribution < 1.29 is 14.6 Å². The summed E-state index contributed by atoms with van der Waals surface area (Å²) in [6, 6.07) is 3.68. The molecule has 1 aromatic carbocycles. The molecule has 0 fully saturated rings. The predicted octanol–water partition coefficient (Wildman–Crippen LogP) is 2.04. The molecule has 0 spiro atoms. The molecule has 0 aliphatic carbocycles. The smallest absolute Gasteiger partial charge is 0.125 e. The summed E-state index contributed by atoms with van der Waals surface area (Å²) in [6.07, 6.45) is -0.630. The van der Waals surface area contributed by atoms with Gasteiger partial charge in [0.25, 0.3) is 0 Å². The van der Waals surface area contributed by atoms with E-state index in [-0.39, 0.29) is 6.04 Å². The van der Waals surface area contributed by atoms with Crippen LogP contribution in [0.25, 0.3) is 0 Å². The molecule has 102 valence electrons. The quantitative estimate of drug-likeness (QED) is 0.814. The normalized spacial score (nSPS) is 14.1. The predicted molar refractivity (Wildman–Crippen MR) is 72.4 cm³/mol. The van der Waals surface area contributed by atoms with Crippen LogP contribution in [0.5, 0.6) is 11.5 Å². The second-order valence-electron chi connectivity index (χ2n) is 4.35. The van der Waals surface area contributed by atoms with E-state index < -0.39 is 6.10 Å². The number of aliphatic hydroxyl groups excluding tert-OH is 1. The van der Waals surface area contributed by atoms with Gasteiger partial charge in [-0.05, 0) is 38.1 Å². The van der Waals surface area contributed by atoms with Gasteiger partial charge in [-0.1, -0.05) is 6.92 Å². The number of aryl methyl sites for hydroxylation is 1. The van der Waals surface area contributed by atoms with Gasteiger partial charge in [-0.2, -0.15) is 0 Å². The zero-order valence-electron chi connectivity index (χ0n) is 11.8. The van der Waals surface area contributed by atoms with E-state index in [4.69, 9.17) is 9.47 Å². The summed E-state index contributed by atoms with van der Waals surface area (Å²) in [7, 11) is 3.23. The van der Waals surface area contributed by atoms with Crippen molar-refractivity contribution in [2.75, 3.05) is 20.8 Å². The van der Waals surface area contributed by atoms with Crippen LogP contribution >= 0.6 is 0 Å². The fourth-order valence-electron chi connectivity index (χ4n) is 2.01. The van der Waals surface area contributed by atoms with Crippen LogP contribution in [0.3, 0.4) is 0 Å². The van der Waals surface area contributed by atoms with Gasteiger partial charge in [0.05, 0.1) is 20.3 Å². The molecule has 0 radical (unpaired) electrons. The van der Waals surface area contributed by atoms with Gasteiger partial charge in [-0.3, -0.25) is 0 Å². The van der Waals surface area contributed by atoms with E-state index in [9.17, 15) is 5.11 Å². The maximum absolute atomic E-state index is 10.3. The zero-order valence-corrected chi connectivity index (χ0v) is 11.8. The van der Waals surface area contributed by atoms with Crippen LogP contribution in [-0.4, -0.2) is 31.9 Å². The molecule has 2 unspecified atom stereocenters. The number of methoxy groups -OCH3 is 2. The van der Waals surface area contributed by atoms with Crippen molar-refractivity contribution in [3.8, 4) is 11.5 Å². The Morgan fingerprint density at radius 2 is 1.83 bits per heavy atom. The molecule has 0 heterocycles. The van der Waals surface area contributed by atoms with E-state index in [1.54, 1.807) is 14.2 Å². The van der Waals surface area contributed by atoms with E-state index in [0.717, 1.165) is 23.4 Å². The Morgan fingerprint density at radius 3 is 2.33 bits per heavy atom. The number of hydrogen-bond acceptors (Lipinski definition) is 4. The van der Waals surface area contributed by atoms with Crippen LogP contribution < -0.4 is 14.8 Å². The zero-order chi connectivity index (χ0) is 13.7. The molecule has 1 rings (SSSR count). The number of likely N-dealkylation sites (N-methyl/N-ethyl adjacent to an activating group) is 1. The van der Waals surface area contributed by atoms with Crippen LogP contribution in [-0.2, 0) is 0 Å². The maximum atomic E-state index is 10.3. The molecule has 2 N–H and O–H groups in total. The fraction of sp³-hybridized carbons (Fsp3) is 0.571. The Balaban J connectivity index is 3.12. The molecular formula is C14H23NO3. The topological polar surface area (TPSA) is 50.7 Å². The van der Waals surface area contributed by atoms with Crippen molar-refractivity contribution in [1.82, 2.24) is 5.32 Å². The summed E-state index contributed by atoms with van der Waals surface area (Å²) in [5.74, 6) is 1.44. The van der Waals surface area contributed by atoms with Gasteiger partial charge in [0.15, 0.2) is 0 Å². The molecule has 0 saturated heterocycles. The molecule has 0 aromatic heterocycles. The first kappa shape index (κ1) is 14.8. The first-order chi connectivity index (χ1) is 8.54. The van der Waals surface area contributed by atoms with Crippen molar-refractivity contribution >= 4 is 0 Å². The minimum absolute atomic E-state index is 0.0451.